The predicted octanol–water partition coefficient (Wildman–Crippen LogP) is 3.41. The minimum atomic E-state index is -0.0996. The number of hydrogen-bond acceptors (Lipinski definition) is 3. The summed E-state index contributed by atoms with van der Waals surface area (Å²) in [6.07, 6.45) is 0.431. The van der Waals surface area contributed by atoms with Crippen molar-refractivity contribution in [2.45, 2.75) is 46.1 Å². The molecule has 1 heterocycles. The number of nitrogens with one attached hydrogen (secondary N) is 2. The highest BCUT2D eigenvalue weighted by Crippen LogP contribution is 2.26. The average molecular weight is 315 g/mol. The number of aryl methyl sites for hydroxylation is 2. The fourth-order valence-corrected chi connectivity index (χ4v) is 3.07. The van der Waals surface area contributed by atoms with Crippen LogP contribution < -0.4 is 10.1 Å². The number of nitrogens with zero attached hydrogens (tertiary/aromatic N) is 1. The van der Waals surface area contributed by atoms with Gasteiger partial charge in [0.05, 0.1) is 18.8 Å². The Morgan fingerprint density at radius 1 is 1.30 bits per heavy atom. The summed E-state index contributed by atoms with van der Waals surface area (Å²) in [5.41, 5.74) is 4.10. The molecule has 1 aromatic carbocycles. The molecule has 2 atom stereocenters. The van der Waals surface area contributed by atoms with Crippen molar-refractivity contribution in [2.24, 2.45) is 0 Å². The third kappa shape index (κ3) is 3.92. The molecule has 2 aromatic rings. The van der Waals surface area contributed by atoms with Crippen LogP contribution in [0.4, 0.5) is 0 Å². The van der Waals surface area contributed by atoms with Gasteiger partial charge in [0.2, 0.25) is 5.91 Å². The second-order valence-corrected chi connectivity index (χ2v) is 5.98. The van der Waals surface area contributed by atoms with Crippen LogP contribution in [0.25, 0.3) is 0 Å². The van der Waals surface area contributed by atoms with Crippen molar-refractivity contribution in [2.75, 3.05) is 7.11 Å². The van der Waals surface area contributed by atoms with E-state index in [1.807, 2.05) is 45.0 Å². The molecule has 2 N–H and O–H groups in total. The van der Waals surface area contributed by atoms with E-state index in [2.05, 4.69) is 22.4 Å². The number of methoxy groups -OCH3 is 1. The number of carbonyl (C=O) groups is 1. The molecule has 0 saturated carbocycles. The molecular formula is C18H25N3O2. The zero-order valence-electron chi connectivity index (χ0n) is 14.4. The third-order valence-corrected chi connectivity index (χ3v) is 4.15. The Balaban J connectivity index is 2.02. The quantitative estimate of drug-likeness (QED) is 0.858. The maximum Gasteiger partial charge on any atom is 0.221 e. The standard InChI is InChI=1S/C18H25N3O2/c1-11(18-13(3)20-21-14(18)4)10-17(22)19-12(2)15-8-6-7-9-16(15)23-5/h6-9,11-12H,10H2,1-5H3,(H,19,22)(H,20,21)/t11-,12-/m0/s1. The Kier molecular flexibility index (Phi) is 5.42. The molecule has 5 heteroatoms. The van der Waals surface area contributed by atoms with Crippen LogP contribution in [0.2, 0.25) is 0 Å². The Bertz CT molecular complexity index is 659. The number of H-pyrrole nitrogens is 1. The van der Waals surface area contributed by atoms with Gasteiger partial charge in [-0.3, -0.25) is 9.89 Å². The number of rotatable bonds is 6. The molecule has 0 radical (unpaired) electrons. The summed E-state index contributed by atoms with van der Waals surface area (Å²) in [5, 5.41) is 10.2. The summed E-state index contributed by atoms with van der Waals surface area (Å²) >= 11 is 0. The molecule has 2 rings (SSSR count). The monoisotopic (exact) mass is 315 g/mol. The molecule has 0 aliphatic heterocycles. The van der Waals surface area contributed by atoms with Gasteiger partial charge in [0.1, 0.15) is 5.75 Å². The SMILES string of the molecule is COc1ccccc1[C@H](C)NC(=O)C[C@H](C)c1c(C)n[nH]c1C. The lowest BCUT2D eigenvalue weighted by Crippen LogP contribution is -2.28. The van der Waals surface area contributed by atoms with E-state index in [1.165, 1.54) is 0 Å². The maximum absolute atomic E-state index is 12.4. The van der Waals surface area contributed by atoms with E-state index in [1.54, 1.807) is 7.11 Å². The number of amides is 1. The molecule has 5 nitrogen and oxygen atoms in total. The number of ether oxygens (including phenoxy) is 1. The molecule has 0 fully saturated rings. The zero-order chi connectivity index (χ0) is 17.0. The van der Waals surface area contributed by atoms with Crippen LogP contribution in [0.1, 0.15) is 54.7 Å². The third-order valence-electron chi connectivity index (χ3n) is 4.15. The van der Waals surface area contributed by atoms with Crippen LogP contribution in [0.15, 0.2) is 24.3 Å². The van der Waals surface area contributed by atoms with E-state index in [0.717, 1.165) is 28.3 Å². The fourth-order valence-electron chi connectivity index (χ4n) is 3.07. The van der Waals surface area contributed by atoms with Gasteiger partial charge in [-0.25, -0.2) is 0 Å². The van der Waals surface area contributed by atoms with Crippen LogP contribution in [0, 0.1) is 13.8 Å². The normalized spacial score (nSPS) is 13.4. The summed E-state index contributed by atoms with van der Waals surface area (Å²) < 4.78 is 5.36. The van der Waals surface area contributed by atoms with Crippen molar-refractivity contribution >= 4 is 5.91 Å². The van der Waals surface area contributed by atoms with E-state index >= 15 is 0 Å². The average Bonchev–Trinajstić information content (AvgIpc) is 2.85. The molecule has 23 heavy (non-hydrogen) atoms. The lowest BCUT2D eigenvalue weighted by molar-refractivity contribution is -0.122. The molecule has 0 spiro atoms. The number of hydrogen-bond donors (Lipinski definition) is 2. The largest absolute Gasteiger partial charge is 0.496 e. The highest BCUT2D eigenvalue weighted by Gasteiger charge is 2.19. The van der Waals surface area contributed by atoms with Crippen molar-refractivity contribution < 1.29 is 9.53 Å². The van der Waals surface area contributed by atoms with Gasteiger partial charge in [-0.2, -0.15) is 5.10 Å². The first-order chi connectivity index (χ1) is 10.9. The van der Waals surface area contributed by atoms with Gasteiger partial charge >= 0.3 is 0 Å². The number of para-hydroxylation sites is 1. The van der Waals surface area contributed by atoms with E-state index < -0.39 is 0 Å². The van der Waals surface area contributed by atoms with Gasteiger partial charge in [-0.15, -0.1) is 0 Å². The van der Waals surface area contributed by atoms with Crippen LogP contribution in [0.5, 0.6) is 5.75 Å². The first-order valence-electron chi connectivity index (χ1n) is 7.87. The molecule has 124 valence electrons. The fraction of sp³-hybridized carbons (Fsp3) is 0.444. The van der Waals surface area contributed by atoms with Crippen LogP contribution in [0.3, 0.4) is 0 Å². The lowest BCUT2D eigenvalue weighted by atomic mass is 9.95. The number of benzene rings is 1. The molecule has 0 unspecified atom stereocenters. The van der Waals surface area contributed by atoms with Gasteiger partial charge < -0.3 is 10.1 Å². The van der Waals surface area contributed by atoms with Gasteiger partial charge in [-0.05, 0) is 38.3 Å². The second kappa shape index (κ2) is 7.31. The van der Waals surface area contributed by atoms with Crippen LogP contribution in [-0.4, -0.2) is 23.2 Å². The smallest absolute Gasteiger partial charge is 0.221 e. The molecule has 0 saturated heterocycles. The topological polar surface area (TPSA) is 67.0 Å². The molecule has 1 aromatic heterocycles. The first-order valence-corrected chi connectivity index (χ1v) is 7.87. The predicted molar refractivity (Wildman–Crippen MR) is 90.6 cm³/mol. The van der Waals surface area contributed by atoms with Crippen LogP contribution >= 0.6 is 0 Å². The molecule has 0 aliphatic carbocycles. The van der Waals surface area contributed by atoms with E-state index in [4.69, 9.17) is 4.74 Å². The van der Waals surface area contributed by atoms with Crippen molar-refractivity contribution in [3.8, 4) is 5.75 Å². The number of carbonyl (C=O) groups excluding carboxylic acids is 1. The van der Waals surface area contributed by atoms with E-state index in [9.17, 15) is 4.79 Å². The van der Waals surface area contributed by atoms with Gasteiger partial charge in [0, 0.05) is 17.7 Å². The number of aromatic amines is 1. The van der Waals surface area contributed by atoms with Crippen molar-refractivity contribution in [1.82, 2.24) is 15.5 Å². The Hall–Kier alpha value is -2.30. The molecule has 0 aliphatic rings. The first kappa shape index (κ1) is 17.1. The molecule has 1 amide bonds. The summed E-state index contributed by atoms with van der Waals surface area (Å²) in [4.78, 5) is 12.4. The number of aromatic nitrogens is 2. The Morgan fingerprint density at radius 2 is 2.00 bits per heavy atom. The summed E-state index contributed by atoms with van der Waals surface area (Å²) in [6, 6.07) is 7.64. The summed E-state index contributed by atoms with van der Waals surface area (Å²) in [5.74, 6) is 0.935. The second-order valence-electron chi connectivity index (χ2n) is 5.98. The molecular weight excluding hydrogens is 290 g/mol. The lowest BCUT2D eigenvalue weighted by Gasteiger charge is -2.19. The summed E-state index contributed by atoms with van der Waals surface area (Å²) in [7, 11) is 1.64. The van der Waals surface area contributed by atoms with Crippen molar-refractivity contribution in [1.29, 1.82) is 0 Å². The zero-order valence-corrected chi connectivity index (χ0v) is 14.4. The highest BCUT2D eigenvalue weighted by atomic mass is 16.5. The van der Waals surface area contributed by atoms with Crippen LogP contribution in [-0.2, 0) is 4.79 Å². The minimum Gasteiger partial charge on any atom is -0.496 e. The maximum atomic E-state index is 12.4. The van der Waals surface area contributed by atoms with Gasteiger partial charge in [0.15, 0.2) is 0 Å². The van der Waals surface area contributed by atoms with Crippen molar-refractivity contribution in [3.63, 3.8) is 0 Å². The Labute approximate surface area is 137 Å². The van der Waals surface area contributed by atoms with E-state index in [0.29, 0.717) is 6.42 Å². The highest BCUT2D eigenvalue weighted by molar-refractivity contribution is 5.77. The van der Waals surface area contributed by atoms with Gasteiger partial charge in [-0.1, -0.05) is 25.1 Å². The van der Waals surface area contributed by atoms with Gasteiger partial charge in [0.25, 0.3) is 0 Å². The molecule has 0 bridgehead atoms. The van der Waals surface area contributed by atoms with Crippen molar-refractivity contribution in [3.05, 3.63) is 46.8 Å². The summed E-state index contributed by atoms with van der Waals surface area (Å²) in [6.45, 7) is 7.97. The Morgan fingerprint density at radius 3 is 2.61 bits per heavy atom. The minimum absolute atomic E-state index is 0.0240. The van der Waals surface area contributed by atoms with E-state index in [-0.39, 0.29) is 17.9 Å².